The van der Waals surface area contributed by atoms with E-state index in [-0.39, 0.29) is 27.0 Å². The highest BCUT2D eigenvalue weighted by molar-refractivity contribution is 7.93. The first-order valence-corrected chi connectivity index (χ1v) is 11.6. The molecule has 3 N–H and O–H groups in total. The summed E-state index contributed by atoms with van der Waals surface area (Å²) in [6.07, 6.45) is -0.251. The number of nitrogens with one attached hydrogen (secondary N) is 2. The molecule has 0 heterocycles. The molecule has 0 aliphatic carbocycles. The van der Waals surface area contributed by atoms with E-state index in [4.69, 9.17) is 23.2 Å². The molecule has 3 aromatic rings. The van der Waals surface area contributed by atoms with Crippen LogP contribution in [0.3, 0.4) is 0 Å². The van der Waals surface area contributed by atoms with E-state index in [0.717, 1.165) is 0 Å². The average molecular weight is 493 g/mol. The number of anilines is 2. The van der Waals surface area contributed by atoms with Crippen LogP contribution in [0.4, 0.5) is 11.4 Å². The molecule has 32 heavy (non-hydrogen) atoms. The SMILES string of the molecule is O=C(C[C@@H](C(=O)O)c1ccccc1)Nc1ccc(NS(=O)(=O)c2c(Cl)cccc2Cl)cc1. The van der Waals surface area contributed by atoms with Crippen LogP contribution < -0.4 is 10.0 Å². The van der Waals surface area contributed by atoms with Gasteiger partial charge in [0.2, 0.25) is 5.91 Å². The quantitative estimate of drug-likeness (QED) is 0.409. The van der Waals surface area contributed by atoms with E-state index in [1.807, 2.05) is 0 Å². The minimum atomic E-state index is -4.03. The summed E-state index contributed by atoms with van der Waals surface area (Å²) in [5, 5.41) is 12.0. The highest BCUT2D eigenvalue weighted by Crippen LogP contribution is 2.30. The number of amides is 1. The Morgan fingerprint density at radius 3 is 1.97 bits per heavy atom. The Labute approximate surface area is 195 Å². The number of carbonyl (C=O) groups is 2. The Bertz CT molecular complexity index is 1210. The van der Waals surface area contributed by atoms with E-state index in [1.54, 1.807) is 30.3 Å². The minimum Gasteiger partial charge on any atom is -0.481 e. The summed E-state index contributed by atoms with van der Waals surface area (Å²) >= 11 is 12.0. The van der Waals surface area contributed by atoms with Gasteiger partial charge in [-0.3, -0.25) is 14.3 Å². The van der Waals surface area contributed by atoms with Crippen molar-refractivity contribution in [3.63, 3.8) is 0 Å². The molecule has 0 saturated carbocycles. The van der Waals surface area contributed by atoms with Crippen LogP contribution in [0.2, 0.25) is 10.0 Å². The molecule has 0 aliphatic heterocycles. The largest absolute Gasteiger partial charge is 0.481 e. The molecule has 7 nitrogen and oxygen atoms in total. The van der Waals surface area contributed by atoms with Crippen molar-refractivity contribution in [2.75, 3.05) is 10.0 Å². The second kappa shape index (κ2) is 10.0. The Balaban J connectivity index is 1.68. The number of benzene rings is 3. The Morgan fingerprint density at radius 2 is 1.41 bits per heavy atom. The molecular formula is C22H18Cl2N2O5S. The van der Waals surface area contributed by atoms with E-state index in [0.29, 0.717) is 11.3 Å². The molecule has 0 aromatic heterocycles. The van der Waals surface area contributed by atoms with Crippen LogP contribution in [0.1, 0.15) is 17.9 Å². The molecule has 0 saturated heterocycles. The first-order valence-electron chi connectivity index (χ1n) is 9.32. The van der Waals surface area contributed by atoms with Gasteiger partial charge in [0.25, 0.3) is 10.0 Å². The molecule has 3 rings (SSSR count). The Hall–Kier alpha value is -3.07. The van der Waals surface area contributed by atoms with Gasteiger partial charge in [0.1, 0.15) is 4.90 Å². The Morgan fingerprint density at radius 1 is 0.844 bits per heavy atom. The number of carboxylic acid groups (broad SMARTS) is 1. The number of carboxylic acids is 1. The standard InChI is InChI=1S/C22H18Cl2N2O5S/c23-18-7-4-8-19(24)21(18)32(30,31)26-16-11-9-15(10-12-16)25-20(27)13-17(22(28)29)14-5-2-1-3-6-14/h1-12,17,26H,13H2,(H,25,27)(H,28,29)/t17-/m1/s1. The van der Waals surface area contributed by atoms with Crippen molar-refractivity contribution in [2.24, 2.45) is 0 Å². The topological polar surface area (TPSA) is 113 Å². The average Bonchev–Trinajstić information content (AvgIpc) is 2.73. The summed E-state index contributed by atoms with van der Waals surface area (Å²) in [7, 11) is -4.03. The van der Waals surface area contributed by atoms with E-state index in [1.165, 1.54) is 42.5 Å². The molecule has 3 aromatic carbocycles. The highest BCUT2D eigenvalue weighted by Gasteiger charge is 2.24. The second-order valence-corrected chi connectivity index (χ2v) is 9.22. The van der Waals surface area contributed by atoms with E-state index < -0.39 is 27.8 Å². The number of hydrogen-bond acceptors (Lipinski definition) is 4. The van der Waals surface area contributed by atoms with Gasteiger partial charge in [0, 0.05) is 17.8 Å². The lowest BCUT2D eigenvalue weighted by Gasteiger charge is -2.14. The molecule has 0 fully saturated rings. The molecule has 166 valence electrons. The van der Waals surface area contributed by atoms with Gasteiger partial charge in [-0.05, 0) is 42.0 Å². The normalized spacial score (nSPS) is 12.1. The summed E-state index contributed by atoms with van der Waals surface area (Å²) < 4.78 is 27.6. The van der Waals surface area contributed by atoms with Crippen molar-refractivity contribution in [3.8, 4) is 0 Å². The van der Waals surface area contributed by atoms with Crippen molar-refractivity contribution >= 4 is 56.5 Å². The van der Waals surface area contributed by atoms with Crippen LogP contribution in [0, 0.1) is 0 Å². The molecule has 1 amide bonds. The van der Waals surface area contributed by atoms with Gasteiger partial charge in [-0.15, -0.1) is 0 Å². The maximum atomic E-state index is 12.6. The molecule has 10 heteroatoms. The lowest BCUT2D eigenvalue weighted by atomic mass is 9.95. The third kappa shape index (κ3) is 5.79. The first-order chi connectivity index (χ1) is 15.2. The maximum absolute atomic E-state index is 12.6. The van der Waals surface area contributed by atoms with Gasteiger partial charge in [-0.25, -0.2) is 8.42 Å². The monoisotopic (exact) mass is 492 g/mol. The van der Waals surface area contributed by atoms with Gasteiger partial charge < -0.3 is 10.4 Å². The number of halogens is 2. The van der Waals surface area contributed by atoms with Gasteiger partial charge >= 0.3 is 5.97 Å². The zero-order chi connectivity index (χ0) is 23.3. The molecule has 0 aliphatic rings. The number of rotatable bonds is 8. The van der Waals surface area contributed by atoms with E-state index in [2.05, 4.69) is 10.0 Å². The summed E-state index contributed by atoms with van der Waals surface area (Å²) in [4.78, 5) is 23.7. The van der Waals surface area contributed by atoms with Crippen molar-refractivity contribution in [2.45, 2.75) is 17.2 Å². The van der Waals surface area contributed by atoms with Crippen molar-refractivity contribution in [1.82, 2.24) is 0 Å². The number of aliphatic carboxylic acids is 1. The van der Waals surface area contributed by atoms with Crippen LogP contribution in [0.25, 0.3) is 0 Å². The third-order valence-corrected chi connectivity index (χ3v) is 6.83. The molecular weight excluding hydrogens is 475 g/mol. The molecule has 0 radical (unpaired) electrons. The van der Waals surface area contributed by atoms with Crippen molar-refractivity contribution < 1.29 is 23.1 Å². The van der Waals surface area contributed by atoms with Crippen LogP contribution in [-0.4, -0.2) is 25.4 Å². The van der Waals surface area contributed by atoms with Gasteiger partial charge in [-0.1, -0.05) is 59.6 Å². The minimum absolute atomic E-state index is 0.0136. The molecule has 0 unspecified atom stereocenters. The Kier molecular flexibility index (Phi) is 7.40. The lowest BCUT2D eigenvalue weighted by Crippen LogP contribution is -2.21. The fourth-order valence-electron chi connectivity index (χ4n) is 3.00. The zero-order valence-corrected chi connectivity index (χ0v) is 18.8. The second-order valence-electron chi connectivity index (χ2n) is 6.79. The maximum Gasteiger partial charge on any atom is 0.311 e. The lowest BCUT2D eigenvalue weighted by molar-refractivity contribution is -0.140. The zero-order valence-electron chi connectivity index (χ0n) is 16.5. The summed E-state index contributed by atoms with van der Waals surface area (Å²) in [6, 6.07) is 18.7. The van der Waals surface area contributed by atoms with E-state index in [9.17, 15) is 23.1 Å². The summed E-state index contributed by atoms with van der Waals surface area (Å²) in [5.74, 6) is -2.57. The van der Waals surface area contributed by atoms with Crippen LogP contribution in [0.5, 0.6) is 0 Å². The predicted molar refractivity (Wildman–Crippen MR) is 124 cm³/mol. The number of sulfonamides is 1. The third-order valence-electron chi connectivity index (χ3n) is 4.50. The number of carbonyl (C=O) groups excluding carboxylic acids is 1. The van der Waals surface area contributed by atoms with Gasteiger partial charge in [0.05, 0.1) is 16.0 Å². The smallest absolute Gasteiger partial charge is 0.311 e. The van der Waals surface area contributed by atoms with Crippen molar-refractivity contribution in [1.29, 1.82) is 0 Å². The fourth-order valence-corrected chi connectivity index (χ4v) is 5.20. The first kappa shape index (κ1) is 23.6. The van der Waals surface area contributed by atoms with Gasteiger partial charge in [-0.2, -0.15) is 0 Å². The fraction of sp³-hybridized carbons (Fsp3) is 0.0909. The molecule has 0 bridgehead atoms. The van der Waals surface area contributed by atoms with E-state index >= 15 is 0 Å². The predicted octanol–water partition coefficient (Wildman–Crippen LogP) is 4.99. The highest BCUT2D eigenvalue weighted by atomic mass is 35.5. The summed E-state index contributed by atoms with van der Waals surface area (Å²) in [6.45, 7) is 0. The molecule has 1 atom stereocenters. The van der Waals surface area contributed by atoms with Crippen LogP contribution >= 0.6 is 23.2 Å². The van der Waals surface area contributed by atoms with Crippen molar-refractivity contribution in [3.05, 3.63) is 88.4 Å². The van der Waals surface area contributed by atoms with Gasteiger partial charge in [0.15, 0.2) is 0 Å². The van der Waals surface area contributed by atoms with Crippen LogP contribution in [-0.2, 0) is 19.6 Å². The number of hydrogen-bond donors (Lipinski definition) is 3. The molecule has 0 spiro atoms. The summed E-state index contributed by atoms with van der Waals surface area (Å²) in [5.41, 5.74) is 1.13. The van der Waals surface area contributed by atoms with Crippen LogP contribution in [0.15, 0.2) is 77.7 Å².